The lowest BCUT2D eigenvalue weighted by molar-refractivity contribution is 0.422. The van der Waals surface area contributed by atoms with E-state index in [0.717, 1.165) is 31.0 Å². The third-order valence-corrected chi connectivity index (χ3v) is 4.49. The first-order chi connectivity index (χ1) is 9.24. The summed E-state index contributed by atoms with van der Waals surface area (Å²) in [5.41, 5.74) is 1.36. The van der Waals surface area contributed by atoms with Crippen LogP contribution in [0.4, 0.5) is 5.82 Å². The maximum atomic E-state index is 4.64. The highest BCUT2D eigenvalue weighted by atomic mass is 15.2. The van der Waals surface area contributed by atoms with Gasteiger partial charge in [-0.15, -0.1) is 0 Å². The van der Waals surface area contributed by atoms with Crippen molar-refractivity contribution in [3.63, 3.8) is 0 Å². The molecule has 1 N–H and O–H groups in total. The van der Waals surface area contributed by atoms with Crippen LogP contribution < -0.4 is 10.2 Å². The van der Waals surface area contributed by atoms with Crippen LogP contribution in [0, 0.1) is 11.8 Å². The SMILES string of the molecule is CC(C)C1CCN(c2ncccc2CNC2CC2)C1. The zero-order chi connectivity index (χ0) is 13.2. The van der Waals surface area contributed by atoms with Crippen LogP contribution in [0.2, 0.25) is 0 Å². The Kier molecular flexibility index (Phi) is 3.74. The molecule has 0 bridgehead atoms. The van der Waals surface area contributed by atoms with Gasteiger partial charge in [-0.25, -0.2) is 4.98 Å². The van der Waals surface area contributed by atoms with E-state index in [0.29, 0.717) is 0 Å². The van der Waals surface area contributed by atoms with Crippen molar-refractivity contribution in [1.82, 2.24) is 10.3 Å². The fourth-order valence-electron chi connectivity index (χ4n) is 2.92. The van der Waals surface area contributed by atoms with Crippen LogP contribution >= 0.6 is 0 Å². The molecule has 3 heteroatoms. The summed E-state index contributed by atoms with van der Waals surface area (Å²) < 4.78 is 0. The van der Waals surface area contributed by atoms with Crippen molar-refractivity contribution in [1.29, 1.82) is 0 Å². The van der Waals surface area contributed by atoms with Gasteiger partial charge in [-0.3, -0.25) is 0 Å². The number of nitrogens with one attached hydrogen (secondary N) is 1. The van der Waals surface area contributed by atoms with Gasteiger partial charge in [-0.2, -0.15) is 0 Å². The highest BCUT2D eigenvalue weighted by Gasteiger charge is 2.27. The van der Waals surface area contributed by atoms with Gasteiger partial charge in [-0.1, -0.05) is 19.9 Å². The number of aromatic nitrogens is 1. The van der Waals surface area contributed by atoms with E-state index in [4.69, 9.17) is 0 Å². The Morgan fingerprint density at radius 2 is 2.21 bits per heavy atom. The third kappa shape index (κ3) is 3.08. The van der Waals surface area contributed by atoms with Gasteiger partial charge in [-0.05, 0) is 37.2 Å². The molecule has 1 aromatic rings. The minimum atomic E-state index is 0.759. The van der Waals surface area contributed by atoms with Gasteiger partial charge in [0.1, 0.15) is 5.82 Å². The van der Waals surface area contributed by atoms with Gasteiger partial charge < -0.3 is 10.2 Å². The molecule has 0 amide bonds. The topological polar surface area (TPSA) is 28.2 Å². The van der Waals surface area contributed by atoms with Gasteiger partial charge >= 0.3 is 0 Å². The Morgan fingerprint density at radius 3 is 2.89 bits per heavy atom. The quantitative estimate of drug-likeness (QED) is 0.881. The first kappa shape index (κ1) is 12.9. The molecule has 19 heavy (non-hydrogen) atoms. The number of rotatable bonds is 5. The monoisotopic (exact) mass is 259 g/mol. The van der Waals surface area contributed by atoms with Crippen LogP contribution in [0.5, 0.6) is 0 Å². The van der Waals surface area contributed by atoms with Crippen molar-refractivity contribution in [2.45, 2.75) is 45.7 Å². The summed E-state index contributed by atoms with van der Waals surface area (Å²) in [6.07, 6.45) is 5.92. The zero-order valence-electron chi connectivity index (χ0n) is 12.1. The van der Waals surface area contributed by atoms with E-state index in [1.165, 1.54) is 37.2 Å². The van der Waals surface area contributed by atoms with Gasteiger partial charge in [0.25, 0.3) is 0 Å². The summed E-state index contributed by atoms with van der Waals surface area (Å²) in [4.78, 5) is 7.12. The van der Waals surface area contributed by atoms with Crippen LogP contribution in [0.25, 0.3) is 0 Å². The minimum absolute atomic E-state index is 0.759. The van der Waals surface area contributed by atoms with Crippen LogP contribution in [-0.2, 0) is 6.54 Å². The van der Waals surface area contributed by atoms with Gasteiger partial charge in [0.05, 0.1) is 0 Å². The zero-order valence-corrected chi connectivity index (χ0v) is 12.1. The largest absolute Gasteiger partial charge is 0.356 e. The van der Waals surface area contributed by atoms with Gasteiger partial charge in [0, 0.05) is 37.4 Å². The van der Waals surface area contributed by atoms with E-state index in [2.05, 4.69) is 41.2 Å². The predicted molar refractivity (Wildman–Crippen MR) is 79.3 cm³/mol. The van der Waals surface area contributed by atoms with E-state index in [1.807, 2.05) is 6.20 Å². The first-order valence-electron chi connectivity index (χ1n) is 7.66. The van der Waals surface area contributed by atoms with Crippen LogP contribution in [0.15, 0.2) is 18.3 Å². The van der Waals surface area contributed by atoms with Crippen molar-refractivity contribution < 1.29 is 0 Å². The molecule has 104 valence electrons. The number of nitrogens with zero attached hydrogens (tertiary/aromatic N) is 2. The fraction of sp³-hybridized carbons (Fsp3) is 0.688. The van der Waals surface area contributed by atoms with Crippen LogP contribution in [-0.4, -0.2) is 24.1 Å². The molecule has 1 saturated heterocycles. The first-order valence-corrected chi connectivity index (χ1v) is 7.66. The minimum Gasteiger partial charge on any atom is -0.356 e. The fourth-order valence-corrected chi connectivity index (χ4v) is 2.92. The molecular weight excluding hydrogens is 234 g/mol. The molecule has 2 aliphatic rings. The normalized spacial score (nSPS) is 23.3. The van der Waals surface area contributed by atoms with E-state index < -0.39 is 0 Å². The second-order valence-corrected chi connectivity index (χ2v) is 6.38. The second-order valence-electron chi connectivity index (χ2n) is 6.38. The van der Waals surface area contributed by atoms with Gasteiger partial charge in [0.2, 0.25) is 0 Å². The molecule has 1 atom stereocenters. The Balaban J connectivity index is 1.69. The Hall–Kier alpha value is -1.09. The van der Waals surface area contributed by atoms with Crippen molar-refractivity contribution in [2.24, 2.45) is 11.8 Å². The Morgan fingerprint density at radius 1 is 1.37 bits per heavy atom. The summed E-state index contributed by atoms with van der Waals surface area (Å²) in [6, 6.07) is 5.04. The van der Waals surface area contributed by atoms with Crippen molar-refractivity contribution in [2.75, 3.05) is 18.0 Å². The average molecular weight is 259 g/mol. The average Bonchev–Trinajstić information content (AvgIpc) is 3.11. The molecule has 2 heterocycles. The van der Waals surface area contributed by atoms with E-state index in [9.17, 15) is 0 Å². The molecule has 3 rings (SSSR count). The Bertz CT molecular complexity index is 426. The standard InChI is InChI=1S/C16H25N3/c1-12(2)14-7-9-19(11-14)16-13(4-3-8-17-16)10-18-15-5-6-15/h3-4,8,12,14-15,18H,5-7,9-11H2,1-2H3. The molecule has 1 aromatic heterocycles. The van der Waals surface area contributed by atoms with E-state index in [-0.39, 0.29) is 0 Å². The molecule has 1 unspecified atom stereocenters. The predicted octanol–water partition coefficient (Wildman–Crippen LogP) is 2.82. The van der Waals surface area contributed by atoms with E-state index >= 15 is 0 Å². The van der Waals surface area contributed by atoms with Crippen LogP contribution in [0.3, 0.4) is 0 Å². The molecule has 0 spiro atoms. The van der Waals surface area contributed by atoms with Crippen molar-refractivity contribution >= 4 is 5.82 Å². The molecule has 1 aliphatic carbocycles. The lowest BCUT2D eigenvalue weighted by Gasteiger charge is -2.21. The van der Waals surface area contributed by atoms with E-state index in [1.54, 1.807) is 0 Å². The lowest BCUT2D eigenvalue weighted by Crippen LogP contribution is -2.25. The van der Waals surface area contributed by atoms with Crippen LogP contribution in [0.1, 0.15) is 38.7 Å². The molecule has 0 aromatic carbocycles. The molecule has 1 saturated carbocycles. The number of anilines is 1. The third-order valence-electron chi connectivity index (χ3n) is 4.49. The molecule has 0 radical (unpaired) electrons. The lowest BCUT2D eigenvalue weighted by atomic mass is 9.95. The van der Waals surface area contributed by atoms with Crippen molar-refractivity contribution in [3.05, 3.63) is 23.9 Å². The summed E-state index contributed by atoms with van der Waals surface area (Å²) in [5, 5.41) is 3.60. The maximum Gasteiger partial charge on any atom is 0.133 e. The highest BCUT2D eigenvalue weighted by molar-refractivity contribution is 5.47. The van der Waals surface area contributed by atoms with Crippen molar-refractivity contribution in [3.8, 4) is 0 Å². The summed E-state index contributed by atoms with van der Waals surface area (Å²) in [7, 11) is 0. The second kappa shape index (κ2) is 5.49. The summed E-state index contributed by atoms with van der Waals surface area (Å²) in [5.74, 6) is 2.81. The number of pyridine rings is 1. The molecular formula is C16H25N3. The molecule has 3 nitrogen and oxygen atoms in total. The summed E-state index contributed by atoms with van der Waals surface area (Å²) in [6.45, 7) is 7.97. The summed E-state index contributed by atoms with van der Waals surface area (Å²) >= 11 is 0. The smallest absolute Gasteiger partial charge is 0.133 e. The number of hydrogen-bond acceptors (Lipinski definition) is 3. The highest BCUT2D eigenvalue weighted by Crippen LogP contribution is 2.29. The Labute approximate surface area is 116 Å². The molecule has 1 aliphatic heterocycles. The number of hydrogen-bond donors (Lipinski definition) is 1. The van der Waals surface area contributed by atoms with Gasteiger partial charge in [0.15, 0.2) is 0 Å². The maximum absolute atomic E-state index is 4.64. The molecule has 2 fully saturated rings.